The van der Waals surface area contributed by atoms with Crippen LogP contribution >= 0.6 is 11.3 Å². The van der Waals surface area contributed by atoms with Crippen molar-refractivity contribution in [3.8, 4) is 24.0 Å². The Morgan fingerprint density at radius 3 is 2.80 bits per heavy atom. The SMILES string of the molecule is Cc1csc(C#N)c1C#CCCCC#N. The third-order valence-corrected chi connectivity index (χ3v) is 2.88. The second-order valence-electron chi connectivity index (χ2n) is 3.05. The molecule has 2 nitrogen and oxygen atoms in total. The van der Waals surface area contributed by atoms with Gasteiger partial charge in [-0.05, 0) is 24.3 Å². The van der Waals surface area contributed by atoms with E-state index in [1.54, 1.807) is 0 Å². The van der Waals surface area contributed by atoms with Crippen molar-refractivity contribution in [2.45, 2.75) is 26.2 Å². The Hall–Kier alpha value is -1.76. The van der Waals surface area contributed by atoms with Crippen molar-refractivity contribution in [1.29, 1.82) is 10.5 Å². The van der Waals surface area contributed by atoms with E-state index in [1.165, 1.54) is 11.3 Å². The Balaban J connectivity index is 2.68. The van der Waals surface area contributed by atoms with Crippen LogP contribution < -0.4 is 0 Å². The number of nitriles is 2. The van der Waals surface area contributed by atoms with Gasteiger partial charge in [-0.25, -0.2) is 0 Å². The van der Waals surface area contributed by atoms with Crippen LogP contribution in [-0.4, -0.2) is 0 Å². The molecule has 1 heterocycles. The fraction of sp³-hybridized carbons (Fsp3) is 0.333. The molecule has 0 amide bonds. The molecular weight excluding hydrogens is 204 g/mol. The van der Waals surface area contributed by atoms with Gasteiger partial charge in [0.05, 0.1) is 11.6 Å². The maximum Gasteiger partial charge on any atom is 0.120 e. The third kappa shape index (κ3) is 3.13. The average Bonchev–Trinajstić information content (AvgIpc) is 2.60. The van der Waals surface area contributed by atoms with Crippen molar-refractivity contribution in [3.05, 3.63) is 21.4 Å². The first-order valence-corrected chi connectivity index (χ1v) is 5.51. The highest BCUT2D eigenvalue weighted by atomic mass is 32.1. The molecule has 0 saturated heterocycles. The Morgan fingerprint density at radius 1 is 1.33 bits per heavy atom. The molecule has 0 aliphatic rings. The highest BCUT2D eigenvalue weighted by molar-refractivity contribution is 7.10. The van der Waals surface area contributed by atoms with E-state index in [0.717, 1.165) is 17.5 Å². The van der Waals surface area contributed by atoms with Gasteiger partial charge in [0.1, 0.15) is 10.9 Å². The van der Waals surface area contributed by atoms with Crippen LogP contribution in [0.2, 0.25) is 0 Å². The maximum atomic E-state index is 8.82. The van der Waals surface area contributed by atoms with E-state index in [1.807, 2.05) is 12.3 Å². The standard InChI is InChI=1S/C12H10N2S/c1-10-9-15-12(8-14)11(10)6-4-2-3-5-7-13/h9H,2-3,5H2,1H3. The molecule has 0 N–H and O–H groups in total. The normalized spacial score (nSPS) is 8.47. The zero-order valence-corrected chi connectivity index (χ0v) is 9.32. The first-order valence-electron chi connectivity index (χ1n) is 4.63. The number of hydrogen-bond donors (Lipinski definition) is 0. The highest BCUT2D eigenvalue weighted by Gasteiger charge is 2.04. The minimum Gasteiger partial charge on any atom is -0.198 e. The summed E-state index contributed by atoms with van der Waals surface area (Å²) in [5, 5.41) is 19.1. The highest BCUT2D eigenvalue weighted by Crippen LogP contribution is 2.19. The van der Waals surface area contributed by atoms with Gasteiger partial charge in [-0.3, -0.25) is 0 Å². The second kappa shape index (κ2) is 5.86. The molecule has 0 aromatic carbocycles. The van der Waals surface area contributed by atoms with Gasteiger partial charge in [0.2, 0.25) is 0 Å². The summed E-state index contributed by atoms with van der Waals surface area (Å²) in [6.07, 6.45) is 2.06. The molecule has 0 spiro atoms. The minimum atomic E-state index is 0.544. The van der Waals surface area contributed by atoms with Crippen LogP contribution in [0.4, 0.5) is 0 Å². The van der Waals surface area contributed by atoms with E-state index in [0.29, 0.717) is 17.7 Å². The van der Waals surface area contributed by atoms with Gasteiger partial charge in [-0.1, -0.05) is 11.8 Å². The molecule has 0 bridgehead atoms. The molecular formula is C12H10N2S. The van der Waals surface area contributed by atoms with Crippen LogP contribution in [0, 0.1) is 41.4 Å². The van der Waals surface area contributed by atoms with Crippen LogP contribution in [0.25, 0.3) is 0 Å². The van der Waals surface area contributed by atoms with Gasteiger partial charge in [-0.2, -0.15) is 10.5 Å². The fourth-order valence-corrected chi connectivity index (χ4v) is 1.88. The van der Waals surface area contributed by atoms with E-state index >= 15 is 0 Å². The third-order valence-electron chi connectivity index (χ3n) is 1.88. The van der Waals surface area contributed by atoms with Crippen molar-refractivity contribution < 1.29 is 0 Å². The van der Waals surface area contributed by atoms with Gasteiger partial charge in [0.15, 0.2) is 0 Å². The summed E-state index contributed by atoms with van der Waals surface area (Å²) in [4.78, 5) is 0.681. The molecule has 0 aliphatic carbocycles. The first kappa shape index (κ1) is 11.3. The van der Waals surface area contributed by atoms with E-state index in [-0.39, 0.29) is 0 Å². The topological polar surface area (TPSA) is 47.6 Å². The molecule has 0 unspecified atom stereocenters. The Kier molecular flexibility index (Phi) is 4.42. The van der Waals surface area contributed by atoms with Gasteiger partial charge in [0, 0.05) is 12.8 Å². The molecule has 74 valence electrons. The van der Waals surface area contributed by atoms with Crippen LogP contribution in [0.1, 0.15) is 35.3 Å². The smallest absolute Gasteiger partial charge is 0.120 e. The van der Waals surface area contributed by atoms with Crippen molar-refractivity contribution in [2.24, 2.45) is 0 Å². The number of rotatable bonds is 2. The van der Waals surface area contributed by atoms with Gasteiger partial charge >= 0.3 is 0 Å². The van der Waals surface area contributed by atoms with Crippen molar-refractivity contribution in [2.75, 3.05) is 0 Å². The lowest BCUT2D eigenvalue weighted by Gasteiger charge is -1.87. The molecule has 1 rings (SSSR count). The summed E-state index contributed by atoms with van der Waals surface area (Å²) < 4.78 is 0. The largest absolute Gasteiger partial charge is 0.198 e. The fourth-order valence-electron chi connectivity index (χ4n) is 1.09. The van der Waals surface area contributed by atoms with Gasteiger partial charge < -0.3 is 0 Å². The molecule has 1 aromatic rings. The predicted octanol–water partition coefficient (Wildman–Crippen LogP) is 2.97. The lowest BCUT2D eigenvalue weighted by atomic mass is 10.1. The van der Waals surface area contributed by atoms with Crippen molar-refractivity contribution >= 4 is 11.3 Å². The number of hydrogen-bond acceptors (Lipinski definition) is 3. The zero-order valence-electron chi connectivity index (χ0n) is 8.50. The molecule has 0 fully saturated rings. The molecule has 1 aromatic heterocycles. The Labute approximate surface area is 93.8 Å². The maximum absolute atomic E-state index is 8.82. The summed E-state index contributed by atoms with van der Waals surface area (Å²) in [6.45, 7) is 1.95. The summed E-state index contributed by atoms with van der Waals surface area (Å²) in [6, 6.07) is 4.21. The monoisotopic (exact) mass is 214 g/mol. The van der Waals surface area contributed by atoms with Crippen molar-refractivity contribution in [3.63, 3.8) is 0 Å². The van der Waals surface area contributed by atoms with E-state index < -0.39 is 0 Å². The van der Waals surface area contributed by atoms with Crippen LogP contribution in [0.15, 0.2) is 5.38 Å². The van der Waals surface area contributed by atoms with Crippen molar-refractivity contribution in [1.82, 2.24) is 0 Å². The summed E-state index contributed by atoms with van der Waals surface area (Å²) in [7, 11) is 0. The first-order chi connectivity index (χ1) is 7.29. The Bertz CT molecular complexity index is 474. The minimum absolute atomic E-state index is 0.544. The molecule has 0 aliphatic heterocycles. The molecule has 0 radical (unpaired) electrons. The lowest BCUT2D eigenvalue weighted by Crippen LogP contribution is -1.78. The quantitative estimate of drug-likeness (QED) is 0.561. The summed E-state index contributed by atoms with van der Waals surface area (Å²) in [5.74, 6) is 5.99. The van der Waals surface area contributed by atoms with Crippen LogP contribution in [-0.2, 0) is 0 Å². The van der Waals surface area contributed by atoms with E-state index in [4.69, 9.17) is 10.5 Å². The number of thiophene rings is 1. The second-order valence-corrected chi connectivity index (χ2v) is 3.93. The Morgan fingerprint density at radius 2 is 2.13 bits per heavy atom. The zero-order chi connectivity index (χ0) is 11.1. The van der Waals surface area contributed by atoms with Gasteiger partial charge in [-0.15, -0.1) is 11.3 Å². The number of nitrogens with zero attached hydrogens (tertiary/aromatic N) is 2. The lowest BCUT2D eigenvalue weighted by molar-refractivity contribution is 0.894. The molecule has 3 heteroatoms. The summed E-state index contributed by atoms with van der Waals surface area (Å²) in [5.41, 5.74) is 1.91. The van der Waals surface area contributed by atoms with E-state index in [9.17, 15) is 0 Å². The average molecular weight is 214 g/mol. The molecule has 15 heavy (non-hydrogen) atoms. The van der Waals surface area contributed by atoms with Crippen LogP contribution in [0.3, 0.4) is 0 Å². The van der Waals surface area contributed by atoms with E-state index in [2.05, 4.69) is 24.0 Å². The molecule has 0 saturated carbocycles. The molecule has 0 atom stereocenters. The number of aryl methyl sites for hydroxylation is 1. The predicted molar refractivity (Wildman–Crippen MR) is 60.1 cm³/mol. The van der Waals surface area contributed by atoms with Gasteiger partial charge in [0.25, 0.3) is 0 Å². The number of unbranched alkanes of at least 4 members (excludes halogenated alkanes) is 2. The summed E-state index contributed by atoms with van der Waals surface area (Å²) >= 11 is 1.43. The van der Waals surface area contributed by atoms with Crippen LogP contribution in [0.5, 0.6) is 0 Å².